The first kappa shape index (κ1) is 18.3. The van der Waals surface area contributed by atoms with Crippen molar-refractivity contribution in [1.82, 2.24) is 14.9 Å². The molecule has 1 saturated carbocycles. The zero-order chi connectivity index (χ0) is 18.4. The summed E-state index contributed by atoms with van der Waals surface area (Å²) in [6, 6.07) is 0. The zero-order valence-electron chi connectivity index (χ0n) is 14.9. The molecular weight excluding hydrogens is 336 g/mol. The maximum absolute atomic E-state index is 12.1. The van der Waals surface area contributed by atoms with Gasteiger partial charge in [-0.1, -0.05) is 19.3 Å². The molecule has 1 amide bonds. The van der Waals surface area contributed by atoms with Crippen LogP contribution in [0.5, 0.6) is 0 Å². The summed E-state index contributed by atoms with van der Waals surface area (Å²) in [6.45, 7) is 2.34. The van der Waals surface area contributed by atoms with Gasteiger partial charge >= 0.3 is 5.69 Å². The number of rotatable bonds is 7. The van der Waals surface area contributed by atoms with Gasteiger partial charge in [-0.05, 0) is 31.6 Å². The Morgan fingerprint density at radius 1 is 1.19 bits per heavy atom. The molecule has 26 heavy (non-hydrogen) atoms. The molecule has 0 spiro atoms. The van der Waals surface area contributed by atoms with Crippen molar-refractivity contribution in [1.29, 1.82) is 0 Å². The first-order valence-corrected chi connectivity index (χ1v) is 9.40. The fourth-order valence-electron chi connectivity index (χ4n) is 3.59. The van der Waals surface area contributed by atoms with Crippen LogP contribution < -0.4 is 10.6 Å². The summed E-state index contributed by atoms with van der Waals surface area (Å²) in [5.74, 6) is 0.966. The van der Waals surface area contributed by atoms with Gasteiger partial charge in [-0.2, -0.15) is 4.98 Å². The number of likely N-dealkylation sites (tertiary alicyclic amines) is 1. The highest BCUT2D eigenvalue weighted by atomic mass is 16.6. The third-order valence-corrected chi connectivity index (χ3v) is 5.11. The molecule has 9 nitrogen and oxygen atoms in total. The number of carbonyl (C=O) groups excluding carboxylic acids is 1. The van der Waals surface area contributed by atoms with E-state index in [1.165, 1.54) is 25.5 Å². The number of hydrogen-bond donors (Lipinski definition) is 2. The second kappa shape index (κ2) is 8.77. The number of aromatic nitrogens is 2. The van der Waals surface area contributed by atoms with Gasteiger partial charge in [0.05, 0.1) is 11.5 Å². The van der Waals surface area contributed by atoms with Crippen molar-refractivity contribution in [2.45, 2.75) is 44.9 Å². The molecule has 142 valence electrons. The third kappa shape index (κ3) is 4.80. The molecule has 0 unspecified atom stereocenters. The van der Waals surface area contributed by atoms with Crippen LogP contribution in [0.15, 0.2) is 6.20 Å². The van der Waals surface area contributed by atoms with E-state index in [1.807, 2.05) is 0 Å². The number of hydrogen-bond acceptors (Lipinski definition) is 7. The Morgan fingerprint density at radius 3 is 2.62 bits per heavy atom. The van der Waals surface area contributed by atoms with Crippen LogP contribution in [0.25, 0.3) is 0 Å². The Bertz CT molecular complexity index is 641. The molecule has 2 fully saturated rings. The Hall–Kier alpha value is -2.45. The van der Waals surface area contributed by atoms with Gasteiger partial charge in [0.2, 0.25) is 17.7 Å². The molecule has 0 radical (unpaired) electrons. The van der Waals surface area contributed by atoms with E-state index < -0.39 is 4.92 Å². The van der Waals surface area contributed by atoms with E-state index in [0.29, 0.717) is 12.5 Å². The van der Waals surface area contributed by atoms with Crippen LogP contribution in [0, 0.1) is 16.0 Å². The molecule has 0 bridgehead atoms. The molecule has 1 aromatic rings. The van der Waals surface area contributed by atoms with E-state index >= 15 is 0 Å². The second-order valence-electron chi connectivity index (χ2n) is 7.01. The van der Waals surface area contributed by atoms with Gasteiger partial charge in [-0.3, -0.25) is 14.9 Å². The van der Waals surface area contributed by atoms with Gasteiger partial charge in [0, 0.05) is 19.6 Å². The Balaban J connectivity index is 1.61. The normalized spacial score (nSPS) is 17.9. The molecular formula is C17H26N6O3. The Kier molecular flexibility index (Phi) is 6.19. The van der Waals surface area contributed by atoms with Crippen molar-refractivity contribution in [3.8, 4) is 0 Å². The first-order chi connectivity index (χ1) is 12.6. The van der Waals surface area contributed by atoms with E-state index in [9.17, 15) is 14.9 Å². The molecule has 1 saturated heterocycles. The predicted octanol–water partition coefficient (Wildman–Crippen LogP) is 2.41. The lowest BCUT2D eigenvalue weighted by atomic mass is 9.89. The molecule has 3 rings (SSSR count). The van der Waals surface area contributed by atoms with Gasteiger partial charge in [0.25, 0.3) is 0 Å². The minimum atomic E-state index is -0.484. The quantitative estimate of drug-likeness (QED) is 0.565. The summed E-state index contributed by atoms with van der Waals surface area (Å²) in [7, 11) is 0. The SMILES string of the molecule is O=C(CNc1ncc([N+](=O)[O-])c(NCC2CCCCC2)n1)N1CCCC1. The highest BCUT2D eigenvalue weighted by molar-refractivity contribution is 5.80. The van der Waals surface area contributed by atoms with Crippen molar-refractivity contribution in [3.63, 3.8) is 0 Å². The summed E-state index contributed by atoms with van der Waals surface area (Å²) in [4.78, 5) is 32.9. The van der Waals surface area contributed by atoms with Crippen LogP contribution in [0.3, 0.4) is 0 Å². The number of nitrogens with zero attached hydrogens (tertiary/aromatic N) is 4. The largest absolute Gasteiger partial charge is 0.364 e. The molecule has 1 aliphatic heterocycles. The van der Waals surface area contributed by atoms with Gasteiger partial charge in [-0.25, -0.2) is 4.98 Å². The molecule has 0 aromatic carbocycles. The van der Waals surface area contributed by atoms with E-state index in [0.717, 1.165) is 38.8 Å². The second-order valence-corrected chi connectivity index (χ2v) is 7.01. The van der Waals surface area contributed by atoms with Crippen molar-refractivity contribution in [3.05, 3.63) is 16.3 Å². The lowest BCUT2D eigenvalue weighted by molar-refractivity contribution is -0.384. The molecule has 0 atom stereocenters. The fourth-order valence-corrected chi connectivity index (χ4v) is 3.59. The third-order valence-electron chi connectivity index (χ3n) is 5.11. The zero-order valence-corrected chi connectivity index (χ0v) is 14.9. The highest BCUT2D eigenvalue weighted by Gasteiger charge is 2.21. The van der Waals surface area contributed by atoms with Crippen LogP contribution in [-0.2, 0) is 4.79 Å². The summed E-state index contributed by atoms with van der Waals surface area (Å²) >= 11 is 0. The monoisotopic (exact) mass is 362 g/mol. The number of nitro groups is 1. The van der Waals surface area contributed by atoms with Crippen molar-refractivity contribution < 1.29 is 9.72 Å². The highest BCUT2D eigenvalue weighted by Crippen LogP contribution is 2.26. The van der Waals surface area contributed by atoms with Gasteiger partial charge < -0.3 is 15.5 Å². The van der Waals surface area contributed by atoms with Crippen molar-refractivity contribution in [2.24, 2.45) is 5.92 Å². The molecule has 1 aromatic heterocycles. The molecule has 2 N–H and O–H groups in total. The minimum Gasteiger partial charge on any atom is -0.364 e. The van der Waals surface area contributed by atoms with Crippen LogP contribution in [0.1, 0.15) is 44.9 Å². The lowest BCUT2D eigenvalue weighted by Gasteiger charge is -2.22. The van der Waals surface area contributed by atoms with E-state index in [2.05, 4.69) is 20.6 Å². The summed E-state index contributed by atoms with van der Waals surface area (Å²) < 4.78 is 0. The minimum absolute atomic E-state index is 0.00108. The number of amides is 1. The lowest BCUT2D eigenvalue weighted by Crippen LogP contribution is -2.33. The first-order valence-electron chi connectivity index (χ1n) is 9.40. The van der Waals surface area contributed by atoms with Crippen LogP contribution in [0.2, 0.25) is 0 Å². The number of nitrogens with one attached hydrogen (secondary N) is 2. The van der Waals surface area contributed by atoms with Gasteiger partial charge in [0.15, 0.2) is 0 Å². The topological polar surface area (TPSA) is 113 Å². The van der Waals surface area contributed by atoms with Gasteiger partial charge in [-0.15, -0.1) is 0 Å². The Labute approximate surface area is 152 Å². The maximum atomic E-state index is 12.1. The number of anilines is 2. The van der Waals surface area contributed by atoms with E-state index in [-0.39, 0.29) is 29.9 Å². The summed E-state index contributed by atoms with van der Waals surface area (Å²) in [5, 5.41) is 17.2. The van der Waals surface area contributed by atoms with Gasteiger partial charge in [0.1, 0.15) is 6.20 Å². The molecule has 1 aliphatic carbocycles. The standard InChI is InChI=1S/C17H26N6O3/c24-15(22-8-4-5-9-22)12-20-17-19-11-14(23(25)26)16(21-17)18-10-13-6-2-1-3-7-13/h11,13H,1-10,12H2,(H2,18,19,20,21). The van der Waals surface area contributed by atoms with Crippen LogP contribution in [-0.4, -0.2) is 51.9 Å². The number of carbonyl (C=O) groups is 1. The average Bonchev–Trinajstić information content (AvgIpc) is 3.20. The fraction of sp³-hybridized carbons (Fsp3) is 0.706. The average molecular weight is 362 g/mol. The summed E-state index contributed by atoms with van der Waals surface area (Å²) in [5.41, 5.74) is -0.141. The summed E-state index contributed by atoms with van der Waals surface area (Å²) in [6.07, 6.45) is 9.24. The molecule has 9 heteroatoms. The van der Waals surface area contributed by atoms with E-state index in [1.54, 1.807) is 4.90 Å². The molecule has 2 aliphatic rings. The Morgan fingerprint density at radius 2 is 1.92 bits per heavy atom. The molecule has 2 heterocycles. The smallest absolute Gasteiger partial charge is 0.329 e. The predicted molar refractivity (Wildman–Crippen MR) is 98.1 cm³/mol. The van der Waals surface area contributed by atoms with Crippen LogP contribution >= 0.6 is 0 Å². The van der Waals surface area contributed by atoms with Crippen LogP contribution in [0.4, 0.5) is 17.5 Å². The van der Waals surface area contributed by atoms with E-state index in [4.69, 9.17) is 0 Å². The maximum Gasteiger partial charge on any atom is 0.329 e. The van der Waals surface area contributed by atoms with Crippen molar-refractivity contribution in [2.75, 3.05) is 36.8 Å². The van der Waals surface area contributed by atoms with Crippen molar-refractivity contribution >= 4 is 23.4 Å².